The Morgan fingerprint density at radius 2 is 1.77 bits per heavy atom. The van der Waals surface area contributed by atoms with Crippen molar-refractivity contribution in [2.24, 2.45) is 0 Å². The molecule has 2 nitrogen and oxygen atoms in total. The van der Waals surface area contributed by atoms with Gasteiger partial charge >= 0.3 is 0 Å². The summed E-state index contributed by atoms with van der Waals surface area (Å²) in [6, 6.07) is 14.3. The largest absolute Gasteiger partial charge is 0.459 e. The molecule has 1 aromatic heterocycles. The fourth-order valence-electron chi connectivity index (χ4n) is 2.07. The Balaban J connectivity index is 1.72. The van der Waals surface area contributed by atoms with Gasteiger partial charge in [0.2, 0.25) is 0 Å². The third kappa shape index (κ3) is 3.12. The molecule has 0 aliphatic heterocycles. The lowest BCUT2D eigenvalue weighted by Crippen LogP contribution is -1.98. The number of nitrogens with one attached hydrogen (secondary N) is 1. The highest BCUT2D eigenvalue weighted by atomic mass is 35.5. The summed E-state index contributed by atoms with van der Waals surface area (Å²) in [5.41, 5.74) is 1.09. The fraction of sp³-hybridized carbons (Fsp3) is 0.0588. The van der Waals surface area contributed by atoms with Crippen molar-refractivity contribution in [3.8, 4) is 11.3 Å². The second-order valence-electron chi connectivity index (χ2n) is 4.73. The van der Waals surface area contributed by atoms with E-state index in [2.05, 4.69) is 5.32 Å². The van der Waals surface area contributed by atoms with Crippen LogP contribution in [0.1, 0.15) is 5.76 Å². The first kappa shape index (κ1) is 14.6. The van der Waals surface area contributed by atoms with Crippen molar-refractivity contribution in [1.29, 1.82) is 0 Å². The Morgan fingerprint density at radius 1 is 0.955 bits per heavy atom. The number of hydrogen-bond donors (Lipinski definition) is 1. The van der Waals surface area contributed by atoms with Crippen molar-refractivity contribution in [3.63, 3.8) is 0 Å². The number of furan rings is 1. The summed E-state index contributed by atoms with van der Waals surface area (Å²) in [6.07, 6.45) is 0. The first-order valence-corrected chi connectivity index (χ1v) is 7.04. The van der Waals surface area contributed by atoms with Crippen LogP contribution in [0.15, 0.2) is 59.0 Å². The molecule has 0 radical (unpaired) electrons. The summed E-state index contributed by atoms with van der Waals surface area (Å²) >= 11 is 5.72. The fourth-order valence-corrected chi connectivity index (χ4v) is 2.25. The van der Waals surface area contributed by atoms with Crippen LogP contribution < -0.4 is 5.32 Å². The predicted octanol–water partition coefficient (Wildman–Crippen LogP) is 5.49. The predicted molar refractivity (Wildman–Crippen MR) is 82.8 cm³/mol. The van der Waals surface area contributed by atoms with Crippen LogP contribution in [0.4, 0.5) is 14.5 Å². The summed E-state index contributed by atoms with van der Waals surface area (Å²) in [4.78, 5) is 0. The van der Waals surface area contributed by atoms with E-state index in [1.807, 2.05) is 0 Å². The Kier molecular flexibility index (Phi) is 4.11. The van der Waals surface area contributed by atoms with Crippen LogP contribution in [0.2, 0.25) is 5.02 Å². The van der Waals surface area contributed by atoms with E-state index in [1.165, 1.54) is 18.2 Å². The van der Waals surface area contributed by atoms with Crippen molar-refractivity contribution in [2.45, 2.75) is 6.54 Å². The minimum absolute atomic E-state index is 0.0523. The lowest BCUT2D eigenvalue weighted by Gasteiger charge is -2.05. The summed E-state index contributed by atoms with van der Waals surface area (Å²) < 4.78 is 32.4. The van der Waals surface area contributed by atoms with Crippen LogP contribution in [0, 0.1) is 11.6 Å². The molecule has 0 fully saturated rings. The second-order valence-corrected chi connectivity index (χ2v) is 5.14. The van der Waals surface area contributed by atoms with Gasteiger partial charge in [0.15, 0.2) is 0 Å². The van der Waals surface area contributed by atoms with Crippen molar-refractivity contribution in [1.82, 2.24) is 0 Å². The smallest absolute Gasteiger partial charge is 0.141 e. The lowest BCUT2D eigenvalue weighted by atomic mass is 10.1. The third-order valence-electron chi connectivity index (χ3n) is 3.19. The zero-order valence-electron chi connectivity index (χ0n) is 11.4. The Labute approximate surface area is 131 Å². The van der Waals surface area contributed by atoms with Crippen LogP contribution in [-0.2, 0) is 6.54 Å². The van der Waals surface area contributed by atoms with Crippen LogP contribution in [0.5, 0.6) is 0 Å². The maximum absolute atomic E-state index is 13.7. The molecule has 3 aromatic rings. The minimum atomic E-state index is -0.466. The molecule has 1 N–H and O–H groups in total. The van der Waals surface area contributed by atoms with E-state index in [1.54, 1.807) is 36.4 Å². The highest BCUT2D eigenvalue weighted by Crippen LogP contribution is 2.25. The molecular weight excluding hydrogens is 308 g/mol. The summed E-state index contributed by atoms with van der Waals surface area (Å²) in [7, 11) is 0. The summed E-state index contributed by atoms with van der Waals surface area (Å²) in [6.45, 7) is 0.385. The number of halogens is 3. The molecule has 0 amide bonds. The van der Waals surface area contributed by atoms with Crippen molar-refractivity contribution >= 4 is 17.3 Å². The van der Waals surface area contributed by atoms with Gasteiger partial charge in [0, 0.05) is 5.69 Å². The van der Waals surface area contributed by atoms with Crippen molar-refractivity contribution in [3.05, 3.63) is 77.0 Å². The van der Waals surface area contributed by atoms with Gasteiger partial charge in [-0.15, -0.1) is 0 Å². The van der Waals surface area contributed by atoms with Gasteiger partial charge in [-0.2, -0.15) is 0 Å². The quantitative estimate of drug-likeness (QED) is 0.688. The van der Waals surface area contributed by atoms with Gasteiger partial charge in [-0.25, -0.2) is 8.78 Å². The normalized spacial score (nSPS) is 10.7. The first-order chi connectivity index (χ1) is 10.6. The van der Waals surface area contributed by atoms with E-state index in [-0.39, 0.29) is 10.8 Å². The molecule has 0 spiro atoms. The lowest BCUT2D eigenvalue weighted by molar-refractivity contribution is 0.525. The molecule has 0 saturated heterocycles. The van der Waals surface area contributed by atoms with Gasteiger partial charge in [-0.05, 0) is 42.5 Å². The minimum Gasteiger partial charge on any atom is -0.459 e. The SMILES string of the molecule is Fc1ccc(NCc2ccc(-c3ccccc3F)o2)cc1Cl. The van der Waals surface area contributed by atoms with E-state index < -0.39 is 5.82 Å². The van der Waals surface area contributed by atoms with E-state index in [9.17, 15) is 8.78 Å². The molecule has 0 unspecified atom stereocenters. The molecule has 112 valence electrons. The van der Waals surface area contributed by atoms with E-state index in [0.29, 0.717) is 29.3 Å². The molecule has 0 bridgehead atoms. The van der Waals surface area contributed by atoms with Crippen LogP contribution >= 0.6 is 11.6 Å². The van der Waals surface area contributed by atoms with E-state index in [0.717, 1.165) is 0 Å². The maximum atomic E-state index is 13.7. The second kappa shape index (κ2) is 6.20. The topological polar surface area (TPSA) is 25.2 Å². The molecule has 0 aliphatic rings. The van der Waals surface area contributed by atoms with E-state index in [4.69, 9.17) is 16.0 Å². The van der Waals surface area contributed by atoms with Crippen molar-refractivity contribution in [2.75, 3.05) is 5.32 Å². The molecule has 3 rings (SSSR count). The maximum Gasteiger partial charge on any atom is 0.141 e. The third-order valence-corrected chi connectivity index (χ3v) is 3.48. The zero-order valence-corrected chi connectivity index (χ0v) is 12.2. The number of hydrogen-bond acceptors (Lipinski definition) is 2. The van der Waals surface area contributed by atoms with Gasteiger partial charge in [0.1, 0.15) is 23.2 Å². The summed E-state index contributed by atoms with van der Waals surface area (Å²) in [5, 5.41) is 3.12. The Hall–Kier alpha value is -2.33. The summed E-state index contributed by atoms with van der Waals surface area (Å²) in [5.74, 6) is 0.305. The van der Waals surface area contributed by atoms with Gasteiger partial charge < -0.3 is 9.73 Å². The molecule has 0 aliphatic carbocycles. The standard InChI is InChI=1S/C17H12ClF2NO/c18-14-9-11(5-7-16(14)20)21-10-12-6-8-17(22-12)13-3-1-2-4-15(13)19/h1-9,21H,10H2. The van der Waals surface area contributed by atoms with E-state index >= 15 is 0 Å². The van der Waals surface area contributed by atoms with Gasteiger partial charge in [-0.3, -0.25) is 0 Å². The van der Waals surface area contributed by atoms with Crippen LogP contribution in [0.3, 0.4) is 0 Å². The molecule has 22 heavy (non-hydrogen) atoms. The average molecular weight is 320 g/mol. The van der Waals surface area contributed by atoms with Crippen LogP contribution in [-0.4, -0.2) is 0 Å². The number of rotatable bonds is 4. The zero-order chi connectivity index (χ0) is 15.5. The molecule has 0 atom stereocenters. The average Bonchev–Trinajstić information content (AvgIpc) is 2.98. The number of anilines is 1. The van der Waals surface area contributed by atoms with Gasteiger partial charge in [0.25, 0.3) is 0 Å². The molecule has 0 saturated carbocycles. The monoisotopic (exact) mass is 319 g/mol. The highest BCUT2D eigenvalue weighted by molar-refractivity contribution is 6.31. The molecule has 2 aromatic carbocycles. The van der Waals surface area contributed by atoms with Crippen LogP contribution in [0.25, 0.3) is 11.3 Å². The molecule has 1 heterocycles. The van der Waals surface area contributed by atoms with Crippen molar-refractivity contribution < 1.29 is 13.2 Å². The molecular formula is C17H12ClF2NO. The first-order valence-electron chi connectivity index (χ1n) is 6.66. The number of benzene rings is 2. The van der Waals surface area contributed by atoms with Gasteiger partial charge in [0.05, 0.1) is 17.1 Å². The molecule has 5 heteroatoms. The Morgan fingerprint density at radius 3 is 2.55 bits per heavy atom. The Bertz CT molecular complexity index is 801. The van der Waals surface area contributed by atoms with Gasteiger partial charge in [-0.1, -0.05) is 23.7 Å². The highest BCUT2D eigenvalue weighted by Gasteiger charge is 2.09.